The molecule has 0 radical (unpaired) electrons. The van der Waals surface area contributed by atoms with E-state index >= 15 is 4.39 Å². The fourth-order valence-corrected chi connectivity index (χ4v) is 4.69. The van der Waals surface area contributed by atoms with Gasteiger partial charge in [0.05, 0.1) is 17.1 Å². The summed E-state index contributed by atoms with van der Waals surface area (Å²) in [5.41, 5.74) is 1.89. The van der Waals surface area contributed by atoms with Crippen LogP contribution >= 0.6 is 0 Å². The minimum absolute atomic E-state index is 0.0157. The minimum atomic E-state index is -0.372. The van der Waals surface area contributed by atoms with E-state index in [2.05, 4.69) is 38.1 Å². The van der Waals surface area contributed by atoms with Gasteiger partial charge in [0.15, 0.2) is 11.5 Å². The number of hydrogen-bond donors (Lipinski definition) is 0. The third kappa shape index (κ3) is 4.02. The summed E-state index contributed by atoms with van der Waals surface area (Å²) in [4.78, 5) is 25.8. The number of hydrogen-bond acceptors (Lipinski definition) is 7. The number of nitriles is 1. The molecule has 4 aromatic rings. The molecule has 1 aliphatic rings. The van der Waals surface area contributed by atoms with E-state index in [-0.39, 0.29) is 23.7 Å². The first-order chi connectivity index (χ1) is 17.4. The van der Waals surface area contributed by atoms with Crippen molar-refractivity contribution in [1.82, 2.24) is 29.6 Å². The first-order valence-electron chi connectivity index (χ1n) is 11.8. The zero-order valence-corrected chi connectivity index (χ0v) is 20.3. The molecule has 182 valence electrons. The number of amides is 1. The van der Waals surface area contributed by atoms with Gasteiger partial charge in [-0.15, -0.1) is 5.10 Å². The molecule has 9 nitrogen and oxygen atoms in total. The zero-order valence-electron chi connectivity index (χ0n) is 20.3. The first kappa shape index (κ1) is 23.4. The largest absolute Gasteiger partial charge is 0.350 e. The second-order valence-corrected chi connectivity index (χ2v) is 9.18. The van der Waals surface area contributed by atoms with Crippen molar-refractivity contribution in [3.05, 3.63) is 60.4 Å². The van der Waals surface area contributed by atoms with E-state index in [1.54, 1.807) is 35.0 Å². The molecule has 0 aliphatic carbocycles. The molecule has 0 spiro atoms. The van der Waals surface area contributed by atoms with Crippen LogP contribution in [0.15, 0.2) is 49.1 Å². The van der Waals surface area contributed by atoms with Crippen LogP contribution in [0.5, 0.6) is 0 Å². The molecule has 3 aromatic heterocycles. The molecule has 1 aliphatic heterocycles. The van der Waals surface area contributed by atoms with Crippen LogP contribution in [0.4, 0.5) is 10.2 Å². The van der Waals surface area contributed by atoms with E-state index in [1.165, 1.54) is 18.6 Å². The molecular weight excluding hydrogens is 459 g/mol. The monoisotopic (exact) mass is 484 g/mol. The van der Waals surface area contributed by atoms with Crippen LogP contribution in [0.25, 0.3) is 28.0 Å². The Kier molecular flexibility index (Phi) is 6.06. The van der Waals surface area contributed by atoms with Crippen molar-refractivity contribution in [3.8, 4) is 23.0 Å². The molecule has 1 fully saturated rings. The van der Waals surface area contributed by atoms with E-state index in [0.29, 0.717) is 59.0 Å². The van der Waals surface area contributed by atoms with Crippen molar-refractivity contribution in [1.29, 1.82) is 5.26 Å². The summed E-state index contributed by atoms with van der Waals surface area (Å²) in [5.74, 6) is 0.741. The first-order valence-corrected chi connectivity index (χ1v) is 11.8. The van der Waals surface area contributed by atoms with Gasteiger partial charge in [-0.05, 0) is 13.0 Å². The topological polar surface area (TPSA) is 104 Å². The number of anilines is 1. The summed E-state index contributed by atoms with van der Waals surface area (Å²) in [7, 11) is 0. The number of piperazine rings is 1. The number of rotatable bonds is 4. The maximum Gasteiger partial charge on any atom is 0.225 e. The molecule has 1 aromatic carbocycles. The van der Waals surface area contributed by atoms with Crippen molar-refractivity contribution < 1.29 is 9.18 Å². The van der Waals surface area contributed by atoms with Crippen LogP contribution < -0.4 is 4.90 Å². The third-order valence-electron chi connectivity index (χ3n) is 6.45. The van der Waals surface area contributed by atoms with Gasteiger partial charge >= 0.3 is 0 Å². The summed E-state index contributed by atoms with van der Waals surface area (Å²) in [6.07, 6.45) is 4.61. The predicted octanol–water partition coefficient (Wildman–Crippen LogP) is 3.58. The van der Waals surface area contributed by atoms with Gasteiger partial charge in [0.1, 0.15) is 24.0 Å². The van der Waals surface area contributed by atoms with Gasteiger partial charge in [-0.1, -0.05) is 32.0 Å². The number of carbonyl (C=O) groups is 1. The van der Waals surface area contributed by atoms with Crippen LogP contribution in [-0.4, -0.2) is 61.2 Å². The lowest BCUT2D eigenvalue weighted by atomic mass is 10.0. The number of aromatic nitrogens is 5. The van der Waals surface area contributed by atoms with Crippen LogP contribution in [0.3, 0.4) is 0 Å². The highest BCUT2D eigenvalue weighted by atomic mass is 19.1. The van der Waals surface area contributed by atoms with Crippen molar-refractivity contribution in [2.45, 2.75) is 26.8 Å². The zero-order chi connectivity index (χ0) is 25.4. The fourth-order valence-electron chi connectivity index (χ4n) is 4.69. The van der Waals surface area contributed by atoms with Crippen LogP contribution in [0.2, 0.25) is 0 Å². The number of nitrogens with zero attached hydrogens (tertiary/aromatic N) is 8. The Balaban J connectivity index is 1.68. The third-order valence-corrected chi connectivity index (χ3v) is 6.45. The summed E-state index contributed by atoms with van der Waals surface area (Å²) in [6, 6.07) is 10.2. The average Bonchev–Trinajstić information content (AvgIpc) is 3.28. The van der Waals surface area contributed by atoms with Crippen LogP contribution in [0, 0.1) is 23.1 Å². The SMILES string of the molecule is CC(C)C(=O)N1CCN(c2ncnc3c2c(-c2ccccc2F)cn3-c2cc(C#N)cnn2)[C@@H](C)C1. The Hall–Kier alpha value is -4.39. The fraction of sp³-hybridized carbons (Fsp3) is 0.308. The highest BCUT2D eigenvalue weighted by molar-refractivity contribution is 6.02. The maximum atomic E-state index is 15.0. The molecular formula is C26H25FN8O. The molecule has 1 amide bonds. The maximum absolute atomic E-state index is 15.0. The number of fused-ring (bicyclic) bond motifs is 1. The van der Waals surface area contributed by atoms with E-state index in [4.69, 9.17) is 0 Å². The second kappa shape index (κ2) is 9.34. The minimum Gasteiger partial charge on any atom is -0.350 e. The van der Waals surface area contributed by atoms with E-state index in [1.807, 2.05) is 18.7 Å². The van der Waals surface area contributed by atoms with E-state index in [9.17, 15) is 10.1 Å². The normalized spacial score (nSPS) is 15.9. The Bertz CT molecular complexity index is 1490. The number of carbonyl (C=O) groups excluding carboxylic acids is 1. The lowest BCUT2D eigenvalue weighted by molar-refractivity contribution is -0.135. The highest BCUT2D eigenvalue weighted by Gasteiger charge is 2.31. The number of benzene rings is 1. The second-order valence-electron chi connectivity index (χ2n) is 9.18. The standard InChI is InChI=1S/C26H25FN8O/c1-16(2)26(36)33-8-9-34(17(3)13-33)24-23-20(19-6-4-5-7-21(19)27)14-35(25(23)30-15-29-24)22-10-18(11-28)12-31-32-22/h4-7,10,12,14-17H,8-9,13H2,1-3H3/t17-/m0/s1. The molecule has 10 heteroatoms. The van der Waals surface area contributed by atoms with Gasteiger partial charge < -0.3 is 9.80 Å². The molecule has 1 saturated heterocycles. The Morgan fingerprint density at radius 1 is 1.19 bits per heavy atom. The Labute approximate surface area is 207 Å². The summed E-state index contributed by atoms with van der Waals surface area (Å²) >= 11 is 0. The van der Waals surface area contributed by atoms with Gasteiger partial charge in [0.2, 0.25) is 5.91 Å². The molecule has 0 bridgehead atoms. The highest BCUT2D eigenvalue weighted by Crippen LogP contribution is 2.38. The van der Waals surface area contributed by atoms with Gasteiger partial charge in [-0.25, -0.2) is 14.4 Å². The van der Waals surface area contributed by atoms with Gasteiger partial charge in [-0.2, -0.15) is 10.4 Å². The molecule has 0 saturated carbocycles. The van der Waals surface area contributed by atoms with Crippen molar-refractivity contribution >= 4 is 22.8 Å². The molecule has 5 rings (SSSR count). The quantitative estimate of drug-likeness (QED) is 0.436. The molecule has 0 unspecified atom stereocenters. The number of halogens is 1. The molecule has 1 atom stereocenters. The van der Waals surface area contributed by atoms with E-state index < -0.39 is 0 Å². The summed E-state index contributed by atoms with van der Waals surface area (Å²) in [6.45, 7) is 7.57. The van der Waals surface area contributed by atoms with Gasteiger partial charge in [0.25, 0.3) is 0 Å². The smallest absolute Gasteiger partial charge is 0.225 e. The average molecular weight is 485 g/mol. The van der Waals surface area contributed by atoms with E-state index in [0.717, 1.165) is 0 Å². The molecule has 4 heterocycles. The van der Waals surface area contributed by atoms with Gasteiger partial charge in [0, 0.05) is 55.0 Å². The van der Waals surface area contributed by atoms with Gasteiger partial charge in [-0.3, -0.25) is 9.36 Å². The predicted molar refractivity (Wildman–Crippen MR) is 133 cm³/mol. The van der Waals surface area contributed by atoms with Crippen molar-refractivity contribution in [3.63, 3.8) is 0 Å². The van der Waals surface area contributed by atoms with Crippen LogP contribution in [0.1, 0.15) is 26.3 Å². The van der Waals surface area contributed by atoms with Crippen molar-refractivity contribution in [2.75, 3.05) is 24.5 Å². The Morgan fingerprint density at radius 2 is 2.00 bits per heavy atom. The van der Waals surface area contributed by atoms with Crippen LogP contribution in [-0.2, 0) is 4.79 Å². The lowest BCUT2D eigenvalue weighted by Gasteiger charge is -2.41. The summed E-state index contributed by atoms with van der Waals surface area (Å²) < 4.78 is 16.7. The molecule has 36 heavy (non-hydrogen) atoms. The Morgan fingerprint density at radius 3 is 2.72 bits per heavy atom. The summed E-state index contributed by atoms with van der Waals surface area (Å²) in [5, 5.41) is 18.1. The lowest BCUT2D eigenvalue weighted by Crippen LogP contribution is -2.54. The molecule has 0 N–H and O–H groups in total. The van der Waals surface area contributed by atoms with Crippen molar-refractivity contribution in [2.24, 2.45) is 5.92 Å².